The van der Waals surface area contributed by atoms with Crippen LogP contribution in [0.1, 0.15) is 20.8 Å². The molecule has 0 fully saturated rings. The Labute approximate surface area is 158 Å². The van der Waals surface area contributed by atoms with E-state index in [4.69, 9.17) is 0 Å². The zero-order chi connectivity index (χ0) is 20.1. The fourth-order valence-electron chi connectivity index (χ4n) is 2.31. The lowest BCUT2D eigenvalue weighted by molar-refractivity contribution is 0.0600. The molecule has 2 N–H and O–H groups in total. The highest BCUT2D eigenvalue weighted by Gasteiger charge is 2.14. The van der Waals surface area contributed by atoms with E-state index in [1.807, 2.05) is 0 Å². The minimum absolute atomic E-state index is 0.0438. The highest BCUT2D eigenvalue weighted by Crippen LogP contribution is 2.21. The maximum Gasteiger partial charge on any atom is 0.337 e. The zero-order valence-corrected chi connectivity index (χ0v) is 14.6. The van der Waals surface area contributed by atoms with Gasteiger partial charge in [0.25, 0.3) is 5.91 Å². The number of carbonyl (C=O) groups excluding carboxylic acids is 2. The Balaban J connectivity index is 1.78. The molecule has 0 aliphatic rings. The number of nitrogens with zero attached hydrogens (tertiary/aromatic N) is 2. The second-order valence-electron chi connectivity index (χ2n) is 5.51. The van der Waals surface area contributed by atoms with E-state index in [-0.39, 0.29) is 17.2 Å². The van der Waals surface area contributed by atoms with Crippen LogP contribution in [0.2, 0.25) is 0 Å². The standard InChI is InChI=1S/C19H14F2N4O3/c1-28-18(27)11-4-2-5-12(10-11)23-17(26)15-8-9-22-19(24-15)25-16-13(20)6-3-7-14(16)21/h2-10H,1H3,(H,23,26)(H,22,24,25). The van der Waals surface area contributed by atoms with E-state index < -0.39 is 29.2 Å². The Morgan fingerprint density at radius 1 is 1.04 bits per heavy atom. The maximum atomic E-state index is 13.7. The minimum Gasteiger partial charge on any atom is -0.465 e. The molecule has 3 aromatic rings. The Morgan fingerprint density at radius 3 is 2.46 bits per heavy atom. The number of para-hydroxylation sites is 1. The Morgan fingerprint density at radius 2 is 1.75 bits per heavy atom. The SMILES string of the molecule is COC(=O)c1cccc(NC(=O)c2ccnc(Nc3c(F)cccc3F)n2)c1. The van der Waals surface area contributed by atoms with Gasteiger partial charge in [0.1, 0.15) is 23.0 Å². The van der Waals surface area contributed by atoms with Gasteiger partial charge < -0.3 is 15.4 Å². The van der Waals surface area contributed by atoms with Crippen LogP contribution in [0.4, 0.5) is 26.1 Å². The van der Waals surface area contributed by atoms with Crippen LogP contribution in [0, 0.1) is 11.6 Å². The molecule has 0 atom stereocenters. The molecule has 9 heteroatoms. The lowest BCUT2D eigenvalue weighted by atomic mass is 10.2. The van der Waals surface area contributed by atoms with E-state index in [2.05, 4.69) is 25.3 Å². The summed E-state index contributed by atoms with van der Waals surface area (Å²) in [5, 5.41) is 5.00. The van der Waals surface area contributed by atoms with Crippen LogP contribution in [0.15, 0.2) is 54.7 Å². The van der Waals surface area contributed by atoms with Crippen LogP contribution in [-0.4, -0.2) is 29.0 Å². The molecule has 1 heterocycles. The number of amides is 1. The summed E-state index contributed by atoms with van der Waals surface area (Å²) < 4.78 is 32.1. The summed E-state index contributed by atoms with van der Waals surface area (Å²) >= 11 is 0. The number of esters is 1. The van der Waals surface area contributed by atoms with Gasteiger partial charge in [0.15, 0.2) is 0 Å². The van der Waals surface area contributed by atoms with Crippen molar-refractivity contribution in [2.75, 3.05) is 17.7 Å². The largest absolute Gasteiger partial charge is 0.465 e. The van der Waals surface area contributed by atoms with Crippen molar-refractivity contribution in [1.82, 2.24) is 9.97 Å². The van der Waals surface area contributed by atoms with Crippen LogP contribution < -0.4 is 10.6 Å². The van der Waals surface area contributed by atoms with E-state index in [0.717, 1.165) is 12.1 Å². The number of halogens is 2. The van der Waals surface area contributed by atoms with Crippen molar-refractivity contribution in [3.8, 4) is 0 Å². The number of benzene rings is 2. The molecule has 0 unspecified atom stereocenters. The third kappa shape index (κ3) is 4.26. The summed E-state index contributed by atoms with van der Waals surface area (Å²) in [5.74, 6) is -2.94. The third-order valence-electron chi connectivity index (χ3n) is 3.63. The number of hydrogen-bond donors (Lipinski definition) is 2. The lowest BCUT2D eigenvalue weighted by Gasteiger charge is -2.09. The smallest absolute Gasteiger partial charge is 0.337 e. The second kappa shape index (κ2) is 8.21. The van der Waals surface area contributed by atoms with Crippen molar-refractivity contribution >= 4 is 29.2 Å². The highest BCUT2D eigenvalue weighted by atomic mass is 19.1. The number of carbonyl (C=O) groups is 2. The van der Waals surface area contributed by atoms with E-state index in [0.29, 0.717) is 5.69 Å². The van der Waals surface area contributed by atoms with Crippen LogP contribution in [-0.2, 0) is 4.74 Å². The fourth-order valence-corrected chi connectivity index (χ4v) is 2.31. The number of hydrogen-bond acceptors (Lipinski definition) is 6. The number of methoxy groups -OCH3 is 1. The molecule has 0 bridgehead atoms. The Hall–Kier alpha value is -3.88. The van der Waals surface area contributed by atoms with E-state index >= 15 is 0 Å². The summed E-state index contributed by atoms with van der Waals surface area (Å²) in [7, 11) is 1.25. The summed E-state index contributed by atoms with van der Waals surface area (Å²) in [5.41, 5.74) is 0.144. The van der Waals surface area contributed by atoms with Crippen molar-refractivity contribution in [2.45, 2.75) is 0 Å². The first-order valence-corrected chi connectivity index (χ1v) is 8.01. The van der Waals surface area contributed by atoms with Gasteiger partial charge >= 0.3 is 5.97 Å². The first kappa shape index (κ1) is 18.9. The number of ether oxygens (including phenoxy) is 1. The van der Waals surface area contributed by atoms with E-state index in [9.17, 15) is 18.4 Å². The van der Waals surface area contributed by atoms with Crippen molar-refractivity contribution in [3.63, 3.8) is 0 Å². The molecule has 0 aliphatic carbocycles. The average molecular weight is 384 g/mol. The molecule has 1 aromatic heterocycles. The summed E-state index contributed by atoms with van der Waals surface area (Å²) in [4.78, 5) is 31.8. The van der Waals surface area contributed by atoms with Crippen LogP contribution in [0.25, 0.3) is 0 Å². The van der Waals surface area contributed by atoms with Crippen LogP contribution in [0.3, 0.4) is 0 Å². The first-order chi connectivity index (χ1) is 13.5. The third-order valence-corrected chi connectivity index (χ3v) is 3.63. The summed E-state index contributed by atoms with van der Waals surface area (Å²) in [6.07, 6.45) is 1.27. The predicted octanol–water partition coefficient (Wildman–Crippen LogP) is 3.54. The van der Waals surface area contributed by atoms with Gasteiger partial charge in [-0.05, 0) is 36.4 Å². The quantitative estimate of drug-likeness (QED) is 0.654. The average Bonchev–Trinajstić information content (AvgIpc) is 2.70. The molecular formula is C19H14F2N4O3. The summed E-state index contributed by atoms with van der Waals surface area (Å²) in [6.45, 7) is 0. The Kier molecular flexibility index (Phi) is 5.54. The van der Waals surface area contributed by atoms with Gasteiger partial charge in [-0.1, -0.05) is 12.1 Å². The first-order valence-electron chi connectivity index (χ1n) is 8.01. The molecule has 0 aliphatic heterocycles. The molecule has 3 rings (SSSR count). The van der Waals surface area contributed by atoms with E-state index in [1.54, 1.807) is 12.1 Å². The topological polar surface area (TPSA) is 93.2 Å². The Bertz CT molecular complexity index is 1020. The molecule has 0 saturated carbocycles. The van der Waals surface area contributed by atoms with Crippen LogP contribution >= 0.6 is 0 Å². The molecular weight excluding hydrogens is 370 g/mol. The zero-order valence-electron chi connectivity index (χ0n) is 14.6. The lowest BCUT2D eigenvalue weighted by Crippen LogP contribution is -2.15. The fraction of sp³-hybridized carbons (Fsp3) is 0.0526. The van der Waals surface area contributed by atoms with Crippen molar-refractivity contribution < 1.29 is 23.1 Å². The second-order valence-corrected chi connectivity index (χ2v) is 5.51. The molecule has 28 heavy (non-hydrogen) atoms. The molecule has 142 valence electrons. The summed E-state index contributed by atoms with van der Waals surface area (Å²) in [6, 6.07) is 10.9. The van der Waals surface area contributed by atoms with Gasteiger partial charge in [-0.3, -0.25) is 4.79 Å². The van der Waals surface area contributed by atoms with Gasteiger partial charge in [-0.15, -0.1) is 0 Å². The minimum atomic E-state index is -0.821. The van der Waals surface area contributed by atoms with Gasteiger partial charge in [0.2, 0.25) is 5.95 Å². The van der Waals surface area contributed by atoms with Gasteiger partial charge in [-0.25, -0.2) is 23.5 Å². The number of anilines is 3. The van der Waals surface area contributed by atoms with Crippen LogP contribution in [0.5, 0.6) is 0 Å². The molecule has 0 radical (unpaired) electrons. The van der Waals surface area contributed by atoms with Crippen molar-refractivity contribution in [1.29, 1.82) is 0 Å². The van der Waals surface area contributed by atoms with Gasteiger partial charge in [0, 0.05) is 11.9 Å². The van der Waals surface area contributed by atoms with Crippen molar-refractivity contribution in [2.24, 2.45) is 0 Å². The number of aromatic nitrogens is 2. The van der Waals surface area contributed by atoms with Crippen molar-refractivity contribution in [3.05, 3.63) is 77.6 Å². The number of rotatable bonds is 5. The van der Waals surface area contributed by atoms with Gasteiger partial charge in [0.05, 0.1) is 12.7 Å². The van der Waals surface area contributed by atoms with E-state index in [1.165, 1.54) is 37.6 Å². The number of nitrogens with one attached hydrogen (secondary N) is 2. The molecule has 0 spiro atoms. The molecule has 1 amide bonds. The monoisotopic (exact) mass is 384 g/mol. The predicted molar refractivity (Wildman–Crippen MR) is 97.4 cm³/mol. The highest BCUT2D eigenvalue weighted by molar-refractivity contribution is 6.03. The molecule has 7 nitrogen and oxygen atoms in total. The maximum absolute atomic E-state index is 13.7. The molecule has 2 aromatic carbocycles. The molecule has 0 saturated heterocycles. The normalized spacial score (nSPS) is 10.2. The van der Waals surface area contributed by atoms with Gasteiger partial charge in [-0.2, -0.15) is 0 Å².